The van der Waals surface area contributed by atoms with Crippen molar-refractivity contribution in [1.82, 2.24) is 19.4 Å². The lowest BCUT2D eigenvalue weighted by atomic mass is 9.93. The van der Waals surface area contributed by atoms with Gasteiger partial charge in [0.2, 0.25) is 5.28 Å². The zero-order chi connectivity index (χ0) is 24.9. The first-order valence-corrected chi connectivity index (χ1v) is 11.6. The van der Waals surface area contributed by atoms with Gasteiger partial charge in [0.15, 0.2) is 11.2 Å². The zero-order valence-corrected chi connectivity index (χ0v) is 20.9. The number of amides is 1. The van der Waals surface area contributed by atoms with Gasteiger partial charge >= 0.3 is 6.09 Å². The summed E-state index contributed by atoms with van der Waals surface area (Å²) in [7, 11) is 0. The van der Waals surface area contributed by atoms with Crippen LogP contribution in [0.15, 0.2) is 29.2 Å². The summed E-state index contributed by atoms with van der Waals surface area (Å²) in [6, 6.07) is 4.77. The highest BCUT2D eigenvalue weighted by Gasteiger charge is 2.39. The van der Waals surface area contributed by atoms with Crippen LogP contribution in [0.3, 0.4) is 0 Å². The maximum Gasteiger partial charge on any atom is 0.410 e. The van der Waals surface area contributed by atoms with Gasteiger partial charge in [0, 0.05) is 34.8 Å². The maximum absolute atomic E-state index is 14.5. The summed E-state index contributed by atoms with van der Waals surface area (Å²) >= 11 is 5.90. The number of pyridine rings is 1. The minimum atomic E-state index is -0.620. The Balaban J connectivity index is 1.92. The number of halogens is 2. The number of ether oxygens (including phenoxy) is 1. The molecule has 1 aromatic carbocycles. The Morgan fingerprint density at radius 1 is 1.29 bits per heavy atom. The quantitative estimate of drug-likeness (QED) is 0.436. The number of benzene rings is 1. The van der Waals surface area contributed by atoms with Crippen LogP contribution in [-0.2, 0) is 4.74 Å². The SMILES string of the molecule is Cc1c(C2CCN2C(=O)OC(C)(C)C)n(C(C)C)c2cc(-c3nc(Cl)ncc3F)ccc2c1=O. The van der Waals surface area contributed by atoms with Crippen molar-refractivity contribution in [1.29, 1.82) is 0 Å². The standard InChI is InChI=1S/C25H28ClFN4O3/c1-13(2)31-19-11-15(20-17(27)12-28-23(26)29-20)7-8-16(19)22(32)14(3)21(31)18-9-10-30(18)24(33)34-25(4,5)6/h7-8,11-13,18H,9-10H2,1-6H3. The van der Waals surface area contributed by atoms with Gasteiger partial charge in [-0.25, -0.2) is 19.2 Å². The van der Waals surface area contributed by atoms with E-state index in [1.54, 1.807) is 30.0 Å². The summed E-state index contributed by atoms with van der Waals surface area (Å²) in [5.41, 5.74) is 1.80. The van der Waals surface area contributed by atoms with Gasteiger partial charge in [-0.05, 0) is 71.7 Å². The van der Waals surface area contributed by atoms with Crippen LogP contribution in [0.4, 0.5) is 9.18 Å². The Labute approximate surface area is 202 Å². The lowest BCUT2D eigenvalue weighted by molar-refractivity contribution is -0.00746. The van der Waals surface area contributed by atoms with Gasteiger partial charge in [-0.3, -0.25) is 9.69 Å². The zero-order valence-electron chi connectivity index (χ0n) is 20.1. The third-order valence-corrected chi connectivity index (χ3v) is 6.14. The molecule has 7 nitrogen and oxygen atoms in total. The molecule has 0 bridgehead atoms. The molecular formula is C25H28ClFN4O3. The molecule has 34 heavy (non-hydrogen) atoms. The fourth-order valence-corrected chi connectivity index (χ4v) is 4.56. The van der Waals surface area contributed by atoms with Crippen molar-refractivity contribution in [2.24, 2.45) is 0 Å². The van der Waals surface area contributed by atoms with Gasteiger partial charge in [0.05, 0.1) is 17.8 Å². The first-order valence-electron chi connectivity index (χ1n) is 11.3. The largest absolute Gasteiger partial charge is 0.444 e. The number of rotatable bonds is 3. The molecule has 1 aliphatic heterocycles. The molecule has 3 heterocycles. The fraction of sp³-hybridized carbons (Fsp3) is 0.440. The lowest BCUT2D eigenvalue weighted by Crippen LogP contribution is -2.49. The Kier molecular flexibility index (Phi) is 6.14. The molecule has 180 valence electrons. The van der Waals surface area contributed by atoms with Crippen LogP contribution >= 0.6 is 11.6 Å². The molecule has 1 atom stereocenters. The minimum absolute atomic E-state index is 0.0352. The van der Waals surface area contributed by atoms with Gasteiger partial charge in [0.25, 0.3) is 0 Å². The van der Waals surface area contributed by atoms with Crippen LogP contribution in [0.5, 0.6) is 0 Å². The van der Waals surface area contributed by atoms with E-state index < -0.39 is 17.5 Å². The summed E-state index contributed by atoms with van der Waals surface area (Å²) in [5, 5.41) is 0.451. The van der Waals surface area contributed by atoms with E-state index in [2.05, 4.69) is 14.5 Å². The second kappa shape index (κ2) is 8.65. The number of aromatic nitrogens is 3. The number of hydrogen-bond acceptors (Lipinski definition) is 5. The Morgan fingerprint density at radius 3 is 2.59 bits per heavy atom. The van der Waals surface area contributed by atoms with Crippen molar-refractivity contribution in [3.63, 3.8) is 0 Å². The van der Waals surface area contributed by atoms with E-state index in [0.29, 0.717) is 35.0 Å². The number of carbonyl (C=O) groups is 1. The molecule has 1 fully saturated rings. The summed E-state index contributed by atoms with van der Waals surface area (Å²) in [6.07, 6.45) is 1.34. The van der Waals surface area contributed by atoms with Crippen LogP contribution < -0.4 is 5.43 Å². The first kappa shape index (κ1) is 24.1. The van der Waals surface area contributed by atoms with Gasteiger partial charge in [-0.2, -0.15) is 0 Å². The topological polar surface area (TPSA) is 77.3 Å². The molecule has 1 saturated heterocycles. The summed E-state index contributed by atoms with van der Waals surface area (Å²) in [6.45, 7) is 11.8. The van der Waals surface area contributed by atoms with Crippen molar-refractivity contribution >= 4 is 28.6 Å². The average Bonchev–Trinajstić information content (AvgIpc) is 2.70. The van der Waals surface area contributed by atoms with E-state index in [9.17, 15) is 14.0 Å². The molecule has 1 amide bonds. The minimum Gasteiger partial charge on any atom is -0.444 e. The molecule has 4 rings (SSSR count). The van der Waals surface area contributed by atoms with Crippen LogP contribution in [0, 0.1) is 12.7 Å². The van der Waals surface area contributed by atoms with E-state index in [0.717, 1.165) is 11.9 Å². The molecule has 2 aromatic heterocycles. The van der Waals surface area contributed by atoms with Gasteiger partial charge < -0.3 is 9.30 Å². The van der Waals surface area contributed by atoms with Crippen LogP contribution in [0.2, 0.25) is 5.28 Å². The third kappa shape index (κ3) is 4.27. The molecular weight excluding hydrogens is 459 g/mol. The highest BCUT2D eigenvalue weighted by Crippen LogP contribution is 2.38. The number of nitrogens with zero attached hydrogens (tertiary/aromatic N) is 4. The molecule has 0 aliphatic carbocycles. The van der Waals surface area contributed by atoms with Gasteiger partial charge in [0.1, 0.15) is 11.3 Å². The lowest BCUT2D eigenvalue weighted by Gasteiger charge is -2.43. The predicted molar refractivity (Wildman–Crippen MR) is 130 cm³/mol. The van der Waals surface area contributed by atoms with Crippen LogP contribution in [0.1, 0.15) is 64.4 Å². The van der Waals surface area contributed by atoms with Crippen molar-refractivity contribution in [2.45, 2.75) is 65.6 Å². The van der Waals surface area contributed by atoms with Crippen molar-refractivity contribution in [3.05, 3.63) is 57.0 Å². The van der Waals surface area contributed by atoms with E-state index >= 15 is 0 Å². The van der Waals surface area contributed by atoms with E-state index in [4.69, 9.17) is 16.3 Å². The third-order valence-electron chi connectivity index (χ3n) is 5.95. The monoisotopic (exact) mass is 486 g/mol. The predicted octanol–water partition coefficient (Wildman–Crippen LogP) is 5.82. The number of carbonyl (C=O) groups excluding carboxylic acids is 1. The smallest absolute Gasteiger partial charge is 0.410 e. The summed E-state index contributed by atoms with van der Waals surface area (Å²) < 4.78 is 22.1. The normalized spacial score (nSPS) is 16.1. The van der Waals surface area contributed by atoms with Crippen molar-refractivity contribution in [3.8, 4) is 11.3 Å². The average molecular weight is 487 g/mol. The Morgan fingerprint density at radius 2 is 2.00 bits per heavy atom. The number of hydrogen-bond donors (Lipinski definition) is 0. The van der Waals surface area contributed by atoms with Gasteiger partial charge in [-0.1, -0.05) is 6.07 Å². The summed E-state index contributed by atoms with van der Waals surface area (Å²) in [5.74, 6) is -0.607. The van der Waals surface area contributed by atoms with Crippen LogP contribution in [0.25, 0.3) is 22.2 Å². The number of fused-ring (bicyclic) bond motifs is 1. The second-order valence-electron chi connectivity index (χ2n) is 9.85. The highest BCUT2D eigenvalue weighted by atomic mass is 35.5. The molecule has 3 aromatic rings. The van der Waals surface area contributed by atoms with Crippen molar-refractivity contribution in [2.75, 3.05) is 6.54 Å². The Bertz CT molecular complexity index is 1350. The molecule has 9 heteroatoms. The maximum atomic E-state index is 14.5. The highest BCUT2D eigenvalue weighted by molar-refractivity contribution is 6.28. The molecule has 0 radical (unpaired) electrons. The first-order chi connectivity index (χ1) is 15.9. The van der Waals surface area contributed by atoms with E-state index in [-0.39, 0.29) is 28.5 Å². The molecule has 0 spiro atoms. The van der Waals surface area contributed by atoms with Crippen molar-refractivity contribution < 1.29 is 13.9 Å². The second-order valence-corrected chi connectivity index (χ2v) is 10.2. The van der Waals surface area contributed by atoms with Gasteiger partial charge in [-0.15, -0.1) is 0 Å². The molecule has 0 N–H and O–H groups in total. The molecule has 0 saturated carbocycles. The fourth-order valence-electron chi connectivity index (χ4n) is 4.42. The van der Waals surface area contributed by atoms with Crippen LogP contribution in [-0.4, -0.2) is 37.7 Å². The number of likely N-dealkylation sites (tertiary alicyclic amines) is 1. The molecule has 1 aliphatic rings. The molecule has 1 unspecified atom stereocenters. The van der Waals surface area contributed by atoms with E-state index in [1.165, 1.54) is 0 Å². The Hall–Kier alpha value is -3.00. The summed E-state index contributed by atoms with van der Waals surface area (Å²) in [4.78, 5) is 35.6. The van der Waals surface area contributed by atoms with E-state index in [1.807, 2.05) is 34.6 Å².